The van der Waals surface area contributed by atoms with Crippen LogP contribution in [0.3, 0.4) is 0 Å². The van der Waals surface area contributed by atoms with Gasteiger partial charge in [0, 0.05) is 23.8 Å². The topological polar surface area (TPSA) is 30.5 Å². The zero-order valence-electron chi connectivity index (χ0n) is 12.3. The molecule has 0 amide bonds. The average Bonchev–Trinajstić information content (AvgIpc) is 2.90. The molecule has 1 aliphatic heterocycles. The molecular weight excluding hydrogens is 282 g/mol. The SMILES string of the molecule is CCNC(Cc1cccs1)c1ccc2c(c1)OCCCO2. The normalized spacial score (nSPS) is 15.5. The Labute approximate surface area is 129 Å². The maximum absolute atomic E-state index is 5.80. The third-order valence-corrected chi connectivity index (χ3v) is 4.51. The molecule has 3 nitrogen and oxygen atoms in total. The van der Waals surface area contributed by atoms with Gasteiger partial charge in [0.05, 0.1) is 13.2 Å². The van der Waals surface area contributed by atoms with Crippen LogP contribution in [0.25, 0.3) is 0 Å². The van der Waals surface area contributed by atoms with Crippen molar-refractivity contribution in [2.45, 2.75) is 25.8 Å². The Kier molecular flexibility index (Phi) is 4.78. The molecule has 1 unspecified atom stereocenters. The summed E-state index contributed by atoms with van der Waals surface area (Å²) in [7, 11) is 0. The molecule has 0 saturated heterocycles. The lowest BCUT2D eigenvalue weighted by Gasteiger charge is -2.19. The number of fused-ring (bicyclic) bond motifs is 1. The number of ether oxygens (including phenoxy) is 2. The molecule has 1 aromatic carbocycles. The average molecular weight is 303 g/mol. The Bertz CT molecular complexity index is 568. The summed E-state index contributed by atoms with van der Waals surface area (Å²) in [6.07, 6.45) is 1.95. The van der Waals surface area contributed by atoms with Gasteiger partial charge in [-0.25, -0.2) is 0 Å². The maximum atomic E-state index is 5.80. The number of nitrogens with one attached hydrogen (secondary N) is 1. The van der Waals surface area contributed by atoms with Gasteiger partial charge in [-0.15, -0.1) is 11.3 Å². The minimum Gasteiger partial charge on any atom is -0.490 e. The molecule has 2 aromatic rings. The largest absolute Gasteiger partial charge is 0.490 e. The molecule has 21 heavy (non-hydrogen) atoms. The second kappa shape index (κ2) is 6.96. The predicted molar refractivity (Wildman–Crippen MR) is 86.5 cm³/mol. The highest BCUT2D eigenvalue weighted by Gasteiger charge is 2.16. The molecule has 0 aliphatic carbocycles. The Hall–Kier alpha value is -1.52. The van der Waals surface area contributed by atoms with Gasteiger partial charge in [-0.05, 0) is 35.7 Å². The molecule has 0 fully saturated rings. The molecule has 0 bridgehead atoms. The number of rotatable bonds is 5. The van der Waals surface area contributed by atoms with Crippen molar-refractivity contribution in [1.82, 2.24) is 5.32 Å². The smallest absolute Gasteiger partial charge is 0.161 e. The van der Waals surface area contributed by atoms with E-state index in [-0.39, 0.29) is 0 Å². The summed E-state index contributed by atoms with van der Waals surface area (Å²) in [4.78, 5) is 1.40. The van der Waals surface area contributed by atoms with E-state index in [1.54, 1.807) is 0 Å². The second-order valence-corrected chi connectivity index (χ2v) is 6.18. The van der Waals surface area contributed by atoms with Gasteiger partial charge >= 0.3 is 0 Å². The highest BCUT2D eigenvalue weighted by Crippen LogP contribution is 2.33. The molecule has 1 N–H and O–H groups in total. The van der Waals surface area contributed by atoms with Gasteiger partial charge < -0.3 is 14.8 Å². The zero-order chi connectivity index (χ0) is 14.5. The Morgan fingerprint density at radius 2 is 2.05 bits per heavy atom. The summed E-state index contributed by atoms with van der Waals surface area (Å²) in [6, 6.07) is 10.9. The summed E-state index contributed by atoms with van der Waals surface area (Å²) >= 11 is 1.81. The van der Waals surface area contributed by atoms with Gasteiger partial charge in [0.1, 0.15) is 0 Å². The minimum absolute atomic E-state index is 0.311. The Morgan fingerprint density at radius 3 is 2.81 bits per heavy atom. The third-order valence-electron chi connectivity index (χ3n) is 3.61. The molecule has 1 aromatic heterocycles. The highest BCUT2D eigenvalue weighted by molar-refractivity contribution is 7.09. The first-order valence-electron chi connectivity index (χ1n) is 7.52. The van der Waals surface area contributed by atoms with E-state index >= 15 is 0 Å². The molecule has 0 saturated carbocycles. The van der Waals surface area contributed by atoms with Gasteiger partial charge in [-0.2, -0.15) is 0 Å². The van der Waals surface area contributed by atoms with E-state index in [2.05, 4.69) is 41.9 Å². The molecule has 1 aliphatic rings. The first-order chi connectivity index (χ1) is 10.4. The molecule has 1 atom stereocenters. The first-order valence-corrected chi connectivity index (χ1v) is 8.40. The van der Waals surface area contributed by atoms with Crippen LogP contribution in [0.5, 0.6) is 11.5 Å². The van der Waals surface area contributed by atoms with Crippen LogP contribution in [0.2, 0.25) is 0 Å². The van der Waals surface area contributed by atoms with Crippen LogP contribution in [-0.2, 0) is 6.42 Å². The summed E-state index contributed by atoms with van der Waals surface area (Å²) < 4.78 is 11.5. The van der Waals surface area contributed by atoms with Crippen molar-refractivity contribution in [3.8, 4) is 11.5 Å². The molecular formula is C17H21NO2S. The lowest BCUT2D eigenvalue weighted by Crippen LogP contribution is -2.22. The fourth-order valence-corrected chi connectivity index (χ4v) is 3.33. The lowest BCUT2D eigenvalue weighted by molar-refractivity contribution is 0.297. The standard InChI is InChI=1S/C17H21NO2S/c1-2-18-15(12-14-5-3-10-21-14)13-6-7-16-17(11-13)20-9-4-8-19-16/h3,5-7,10-11,15,18H,2,4,8-9,12H2,1H3. The van der Waals surface area contributed by atoms with Crippen LogP contribution in [0.4, 0.5) is 0 Å². The van der Waals surface area contributed by atoms with E-state index < -0.39 is 0 Å². The lowest BCUT2D eigenvalue weighted by atomic mass is 10.0. The van der Waals surface area contributed by atoms with Crippen molar-refractivity contribution in [3.05, 3.63) is 46.2 Å². The van der Waals surface area contributed by atoms with Crippen LogP contribution in [0.15, 0.2) is 35.7 Å². The van der Waals surface area contributed by atoms with Crippen molar-refractivity contribution >= 4 is 11.3 Å². The number of benzene rings is 1. The van der Waals surface area contributed by atoms with Gasteiger partial charge in [0.15, 0.2) is 11.5 Å². The van der Waals surface area contributed by atoms with Gasteiger partial charge in [-0.3, -0.25) is 0 Å². The van der Waals surface area contributed by atoms with Crippen molar-refractivity contribution in [2.75, 3.05) is 19.8 Å². The van der Waals surface area contributed by atoms with Crippen molar-refractivity contribution in [3.63, 3.8) is 0 Å². The first kappa shape index (κ1) is 14.4. The minimum atomic E-state index is 0.311. The van der Waals surface area contributed by atoms with Crippen molar-refractivity contribution in [2.24, 2.45) is 0 Å². The molecule has 112 valence electrons. The van der Waals surface area contributed by atoms with Crippen LogP contribution in [-0.4, -0.2) is 19.8 Å². The highest BCUT2D eigenvalue weighted by atomic mass is 32.1. The van der Waals surface area contributed by atoms with E-state index in [0.717, 1.165) is 44.1 Å². The van der Waals surface area contributed by atoms with Crippen molar-refractivity contribution in [1.29, 1.82) is 0 Å². The van der Waals surface area contributed by atoms with Gasteiger partial charge in [-0.1, -0.05) is 19.1 Å². The second-order valence-electron chi connectivity index (χ2n) is 5.15. The number of likely N-dealkylation sites (N-methyl/N-ethyl adjacent to an activating group) is 1. The zero-order valence-corrected chi connectivity index (χ0v) is 13.1. The van der Waals surface area contributed by atoms with E-state index in [9.17, 15) is 0 Å². The predicted octanol–water partition coefficient (Wildman–Crippen LogP) is 3.80. The summed E-state index contributed by atoms with van der Waals surface area (Å²) in [5, 5.41) is 5.70. The summed E-state index contributed by atoms with van der Waals surface area (Å²) in [6.45, 7) is 4.56. The monoisotopic (exact) mass is 303 g/mol. The van der Waals surface area contributed by atoms with Gasteiger partial charge in [0.2, 0.25) is 0 Å². The quantitative estimate of drug-likeness (QED) is 0.911. The molecule has 3 rings (SSSR count). The van der Waals surface area contributed by atoms with Gasteiger partial charge in [0.25, 0.3) is 0 Å². The molecule has 4 heteroatoms. The van der Waals surface area contributed by atoms with E-state index in [1.807, 2.05) is 17.4 Å². The number of thiophene rings is 1. The summed E-state index contributed by atoms with van der Waals surface area (Å²) in [5.41, 5.74) is 1.26. The summed E-state index contributed by atoms with van der Waals surface area (Å²) in [5.74, 6) is 1.74. The van der Waals surface area contributed by atoms with Crippen LogP contribution in [0, 0.1) is 0 Å². The Morgan fingerprint density at radius 1 is 1.19 bits per heavy atom. The molecule has 0 spiro atoms. The fourth-order valence-electron chi connectivity index (χ4n) is 2.58. The third kappa shape index (κ3) is 3.57. The number of hydrogen-bond donors (Lipinski definition) is 1. The van der Waals surface area contributed by atoms with Crippen LogP contribution < -0.4 is 14.8 Å². The molecule has 2 heterocycles. The van der Waals surface area contributed by atoms with E-state index in [1.165, 1.54) is 10.4 Å². The molecule has 0 radical (unpaired) electrons. The fraction of sp³-hybridized carbons (Fsp3) is 0.412. The van der Waals surface area contributed by atoms with E-state index in [4.69, 9.17) is 9.47 Å². The van der Waals surface area contributed by atoms with Crippen molar-refractivity contribution < 1.29 is 9.47 Å². The van der Waals surface area contributed by atoms with E-state index in [0.29, 0.717) is 6.04 Å². The number of hydrogen-bond acceptors (Lipinski definition) is 4. The Balaban J connectivity index is 1.83. The van der Waals surface area contributed by atoms with Crippen LogP contribution in [0.1, 0.15) is 29.8 Å². The van der Waals surface area contributed by atoms with Crippen LogP contribution >= 0.6 is 11.3 Å². The maximum Gasteiger partial charge on any atom is 0.161 e.